The van der Waals surface area contributed by atoms with E-state index in [1.54, 1.807) is 7.11 Å². The molecule has 0 spiro atoms. The van der Waals surface area contributed by atoms with Crippen molar-refractivity contribution in [3.8, 4) is 5.75 Å². The summed E-state index contributed by atoms with van der Waals surface area (Å²) in [4.78, 5) is 0. The van der Waals surface area contributed by atoms with Crippen molar-refractivity contribution in [1.82, 2.24) is 0 Å². The van der Waals surface area contributed by atoms with E-state index in [1.807, 2.05) is 12.1 Å². The number of ether oxygens (including phenoxy) is 1. The third-order valence-electron chi connectivity index (χ3n) is 3.66. The molecule has 1 aliphatic rings. The number of nitrogens with one attached hydrogen (secondary N) is 1. The Kier molecular flexibility index (Phi) is 4.26. The molecule has 0 bridgehead atoms. The fourth-order valence-electron chi connectivity index (χ4n) is 2.63. The monoisotopic (exact) mass is 234 g/mol. The summed E-state index contributed by atoms with van der Waals surface area (Å²) in [6.45, 7) is 0.705. The van der Waals surface area contributed by atoms with Crippen LogP contribution in [0.15, 0.2) is 24.3 Å². The second-order valence-corrected chi connectivity index (χ2v) is 4.76. The van der Waals surface area contributed by atoms with E-state index < -0.39 is 0 Å². The summed E-state index contributed by atoms with van der Waals surface area (Å²) < 4.78 is 5.15. The first-order valence-electron chi connectivity index (χ1n) is 6.44. The first-order valence-corrected chi connectivity index (χ1v) is 6.44. The fourth-order valence-corrected chi connectivity index (χ4v) is 2.63. The maximum Gasteiger partial charge on any atom is 0.119 e. The summed E-state index contributed by atoms with van der Waals surface area (Å²) >= 11 is 0. The van der Waals surface area contributed by atoms with Crippen LogP contribution in [0.1, 0.15) is 25.7 Å². The van der Waals surface area contributed by atoms with Crippen molar-refractivity contribution in [2.24, 2.45) is 11.7 Å². The fraction of sp³-hybridized carbons (Fsp3) is 0.571. The molecule has 0 amide bonds. The van der Waals surface area contributed by atoms with Gasteiger partial charge in [-0.2, -0.15) is 0 Å². The third kappa shape index (κ3) is 3.13. The van der Waals surface area contributed by atoms with Crippen molar-refractivity contribution in [2.75, 3.05) is 19.0 Å². The summed E-state index contributed by atoms with van der Waals surface area (Å²) in [7, 11) is 1.68. The van der Waals surface area contributed by atoms with Gasteiger partial charge in [-0.3, -0.25) is 0 Å². The zero-order valence-corrected chi connectivity index (χ0v) is 10.5. The van der Waals surface area contributed by atoms with E-state index >= 15 is 0 Å². The quantitative estimate of drug-likeness (QED) is 0.823. The van der Waals surface area contributed by atoms with Crippen molar-refractivity contribution >= 4 is 5.69 Å². The van der Waals surface area contributed by atoms with Crippen molar-refractivity contribution < 1.29 is 4.74 Å². The highest BCUT2D eigenvalue weighted by Crippen LogP contribution is 2.29. The van der Waals surface area contributed by atoms with Crippen LogP contribution in [0.4, 0.5) is 5.69 Å². The second kappa shape index (κ2) is 5.92. The number of anilines is 1. The first-order chi connectivity index (χ1) is 8.33. The number of rotatable bonds is 5. The summed E-state index contributed by atoms with van der Waals surface area (Å²) in [6, 6.07) is 8.47. The van der Waals surface area contributed by atoms with Gasteiger partial charge in [0.25, 0.3) is 0 Å². The third-order valence-corrected chi connectivity index (χ3v) is 3.66. The number of benzene rings is 1. The van der Waals surface area contributed by atoms with Crippen LogP contribution in [0.3, 0.4) is 0 Å². The molecule has 0 heterocycles. The Morgan fingerprint density at radius 3 is 2.47 bits per heavy atom. The smallest absolute Gasteiger partial charge is 0.119 e. The van der Waals surface area contributed by atoms with Gasteiger partial charge in [0.15, 0.2) is 0 Å². The van der Waals surface area contributed by atoms with Crippen LogP contribution in [0.25, 0.3) is 0 Å². The molecule has 17 heavy (non-hydrogen) atoms. The lowest BCUT2D eigenvalue weighted by Gasteiger charge is -2.24. The second-order valence-electron chi connectivity index (χ2n) is 4.76. The average molecular weight is 234 g/mol. The van der Waals surface area contributed by atoms with E-state index in [-0.39, 0.29) is 0 Å². The summed E-state index contributed by atoms with van der Waals surface area (Å²) in [5, 5.41) is 3.54. The Hall–Kier alpha value is -1.22. The van der Waals surface area contributed by atoms with E-state index in [9.17, 15) is 0 Å². The molecule has 1 atom stereocenters. The van der Waals surface area contributed by atoms with Gasteiger partial charge >= 0.3 is 0 Å². The Morgan fingerprint density at radius 2 is 1.94 bits per heavy atom. The van der Waals surface area contributed by atoms with Crippen LogP contribution in [0.5, 0.6) is 5.75 Å². The minimum absolute atomic E-state index is 0.408. The Bertz CT molecular complexity index is 331. The topological polar surface area (TPSA) is 47.3 Å². The molecule has 3 heteroatoms. The molecule has 1 unspecified atom stereocenters. The minimum atomic E-state index is 0.408. The van der Waals surface area contributed by atoms with Gasteiger partial charge in [-0.1, -0.05) is 12.8 Å². The van der Waals surface area contributed by atoms with Crippen LogP contribution in [0.2, 0.25) is 0 Å². The molecule has 1 saturated carbocycles. The van der Waals surface area contributed by atoms with Crippen molar-refractivity contribution in [1.29, 1.82) is 0 Å². The molecule has 1 aromatic rings. The van der Waals surface area contributed by atoms with Gasteiger partial charge in [-0.05, 0) is 43.0 Å². The van der Waals surface area contributed by atoms with E-state index in [1.165, 1.54) is 25.7 Å². The zero-order valence-electron chi connectivity index (χ0n) is 10.5. The number of methoxy groups -OCH3 is 1. The maximum absolute atomic E-state index is 5.87. The van der Waals surface area contributed by atoms with E-state index in [0.717, 1.165) is 17.4 Å². The molecule has 2 rings (SSSR count). The summed E-state index contributed by atoms with van der Waals surface area (Å²) in [5.74, 6) is 1.63. The molecule has 3 nitrogen and oxygen atoms in total. The van der Waals surface area contributed by atoms with E-state index in [2.05, 4.69) is 17.4 Å². The van der Waals surface area contributed by atoms with Crippen LogP contribution >= 0.6 is 0 Å². The largest absolute Gasteiger partial charge is 0.497 e. The average Bonchev–Trinajstić information content (AvgIpc) is 2.90. The van der Waals surface area contributed by atoms with Crippen LogP contribution in [-0.4, -0.2) is 19.7 Å². The lowest BCUT2D eigenvalue weighted by Crippen LogP contribution is -2.35. The molecule has 0 radical (unpaired) electrons. The standard InChI is InChI=1S/C14H22N2O/c1-17-13-8-6-12(7-9-13)16-14(10-15)11-4-2-3-5-11/h6-9,11,14,16H,2-5,10,15H2,1H3. The summed E-state index contributed by atoms with van der Waals surface area (Å²) in [5.41, 5.74) is 7.00. The van der Waals surface area contributed by atoms with Gasteiger partial charge < -0.3 is 15.8 Å². The molecule has 3 N–H and O–H groups in total. The van der Waals surface area contributed by atoms with Gasteiger partial charge in [-0.25, -0.2) is 0 Å². The van der Waals surface area contributed by atoms with E-state index in [0.29, 0.717) is 12.6 Å². The Labute approximate surface area is 103 Å². The van der Waals surface area contributed by atoms with Crippen LogP contribution < -0.4 is 15.8 Å². The highest BCUT2D eigenvalue weighted by molar-refractivity contribution is 5.47. The zero-order chi connectivity index (χ0) is 12.1. The van der Waals surface area contributed by atoms with Gasteiger partial charge in [0.05, 0.1) is 7.11 Å². The molecular weight excluding hydrogens is 212 g/mol. The predicted molar refractivity (Wildman–Crippen MR) is 71.4 cm³/mol. The molecule has 1 aliphatic carbocycles. The van der Waals surface area contributed by atoms with Crippen LogP contribution in [0, 0.1) is 5.92 Å². The molecule has 0 saturated heterocycles. The van der Waals surface area contributed by atoms with Gasteiger partial charge in [0.2, 0.25) is 0 Å². The van der Waals surface area contributed by atoms with E-state index in [4.69, 9.17) is 10.5 Å². The minimum Gasteiger partial charge on any atom is -0.497 e. The maximum atomic E-state index is 5.87. The molecule has 0 aromatic heterocycles. The van der Waals surface area contributed by atoms with Gasteiger partial charge in [0, 0.05) is 18.3 Å². The normalized spacial score (nSPS) is 18.0. The first kappa shape index (κ1) is 12.2. The van der Waals surface area contributed by atoms with Crippen molar-refractivity contribution in [3.05, 3.63) is 24.3 Å². The molecule has 94 valence electrons. The molecule has 1 fully saturated rings. The lowest BCUT2D eigenvalue weighted by molar-refractivity contribution is 0.414. The highest BCUT2D eigenvalue weighted by Gasteiger charge is 2.23. The molecular formula is C14H22N2O. The SMILES string of the molecule is COc1ccc(NC(CN)C2CCCC2)cc1. The molecule has 0 aliphatic heterocycles. The Balaban J connectivity index is 1.96. The number of hydrogen-bond acceptors (Lipinski definition) is 3. The number of nitrogens with two attached hydrogens (primary N) is 1. The van der Waals surface area contributed by atoms with Gasteiger partial charge in [0.1, 0.15) is 5.75 Å². The van der Waals surface area contributed by atoms with Gasteiger partial charge in [-0.15, -0.1) is 0 Å². The number of hydrogen-bond donors (Lipinski definition) is 2. The van der Waals surface area contributed by atoms with Crippen molar-refractivity contribution in [3.63, 3.8) is 0 Å². The van der Waals surface area contributed by atoms with Crippen LogP contribution in [-0.2, 0) is 0 Å². The Morgan fingerprint density at radius 1 is 1.29 bits per heavy atom. The molecule has 1 aromatic carbocycles. The summed E-state index contributed by atoms with van der Waals surface area (Å²) in [6.07, 6.45) is 5.33. The van der Waals surface area contributed by atoms with Crippen molar-refractivity contribution in [2.45, 2.75) is 31.7 Å². The lowest BCUT2D eigenvalue weighted by atomic mass is 9.98. The highest BCUT2D eigenvalue weighted by atomic mass is 16.5. The predicted octanol–water partition coefficient (Wildman–Crippen LogP) is 2.62.